The summed E-state index contributed by atoms with van der Waals surface area (Å²) in [5.74, 6) is -0.490. The molecule has 0 aliphatic carbocycles. The van der Waals surface area contributed by atoms with Crippen molar-refractivity contribution in [3.05, 3.63) is 47.2 Å². The number of aromatic carboxylic acids is 1. The highest BCUT2D eigenvalue weighted by atomic mass is 35.5. The first kappa shape index (κ1) is 15.9. The fourth-order valence-electron chi connectivity index (χ4n) is 3.01. The largest absolute Gasteiger partial charge is 0.478 e. The molecule has 1 fully saturated rings. The van der Waals surface area contributed by atoms with Crippen LogP contribution in [0.5, 0.6) is 0 Å². The van der Waals surface area contributed by atoms with Crippen LogP contribution in [-0.2, 0) is 4.74 Å². The number of halogens is 1. The number of hydrogen-bond donors (Lipinski definition) is 2. The number of carboxylic acids is 1. The van der Waals surface area contributed by atoms with Gasteiger partial charge >= 0.3 is 5.97 Å². The summed E-state index contributed by atoms with van der Waals surface area (Å²) in [4.78, 5) is 15.4. The SMILES string of the molecule is O=C(O)c1ccncc1Nc1nn(C2CCOC2)c2ccc(Cl)cc12. The third-order valence-electron chi connectivity index (χ3n) is 4.22. The van der Waals surface area contributed by atoms with Crippen molar-refractivity contribution in [1.82, 2.24) is 14.8 Å². The second-order valence-electron chi connectivity index (χ2n) is 5.82. The Balaban J connectivity index is 1.82. The number of nitrogens with one attached hydrogen (secondary N) is 1. The van der Waals surface area contributed by atoms with Gasteiger partial charge in [-0.3, -0.25) is 9.67 Å². The zero-order valence-corrected chi connectivity index (χ0v) is 13.9. The number of hydrogen-bond acceptors (Lipinski definition) is 5. The number of nitrogens with zero attached hydrogens (tertiary/aromatic N) is 3. The fraction of sp³-hybridized carbons (Fsp3) is 0.235. The molecule has 0 saturated carbocycles. The molecule has 0 radical (unpaired) electrons. The Bertz CT molecular complexity index is 950. The van der Waals surface area contributed by atoms with E-state index in [2.05, 4.69) is 15.4 Å². The van der Waals surface area contributed by atoms with Crippen molar-refractivity contribution >= 4 is 40.0 Å². The molecule has 7 nitrogen and oxygen atoms in total. The Labute approximate surface area is 148 Å². The van der Waals surface area contributed by atoms with E-state index in [-0.39, 0.29) is 11.6 Å². The van der Waals surface area contributed by atoms with Gasteiger partial charge in [0.25, 0.3) is 0 Å². The summed E-state index contributed by atoms with van der Waals surface area (Å²) in [6.07, 6.45) is 3.79. The Morgan fingerprint density at radius 1 is 1.40 bits per heavy atom. The molecular weight excluding hydrogens is 344 g/mol. The molecule has 1 atom stereocenters. The molecule has 1 aliphatic rings. The van der Waals surface area contributed by atoms with Crippen molar-refractivity contribution in [2.45, 2.75) is 12.5 Å². The summed E-state index contributed by atoms with van der Waals surface area (Å²) in [7, 11) is 0. The van der Waals surface area contributed by atoms with Gasteiger partial charge < -0.3 is 15.2 Å². The number of carboxylic acid groups (broad SMARTS) is 1. The number of benzene rings is 1. The smallest absolute Gasteiger partial charge is 0.337 e. The predicted molar refractivity (Wildman–Crippen MR) is 93.7 cm³/mol. The van der Waals surface area contributed by atoms with Crippen LogP contribution in [0.4, 0.5) is 11.5 Å². The molecule has 3 aromatic rings. The summed E-state index contributed by atoms with van der Waals surface area (Å²) in [5.41, 5.74) is 1.43. The first-order valence-electron chi connectivity index (χ1n) is 7.83. The highest BCUT2D eigenvalue weighted by molar-refractivity contribution is 6.31. The molecule has 128 valence electrons. The van der Waals surface area contributed by atoms with Gasteiger partial charge in [0.1, 0.15) is 0 Å². The quantitative estimate of drug-likeness (QED) is 0.742. The fourth-order valence-corrected chi connectivity index (χ4v) is 3.18. The van der Waals surface area contributed by atoms with Crippen LogP contribution in [0, 0.1) is 0 Å². The van der Waals surface area contributed by atoms with Crippen LogP contribution < -0.4 is 5.32 Å². The van der Waals surface area contributed by atoms with Gasteiger partial charge in [0.05, 0.1) is 35.6 Å². The molecule has 1 aliphatic heterocycles. The van der Waals surface area contributed by atoms with Crippen molar-refractivity contribution in [3.8, 4) is 0 Å². The third kappa shape index (κ3) is 2.92. The topological polar surface area (TPSA) is 89.3 Å². The monoisotopic (exact) mass is 358 g/mol. The van der Waals surface area contributed by atoms with Crippen LogP contribution in [0.15, 0.2) is 36.7 Å². The predicted octanol–water partition coefficient (Wildman–Crippen LogP) is 3.49. The minimum atomic E-state index is -1.03. The number of anilines is 2. The lowest BCUT2D eigenvalue weighted by Gasteiger charge is -2.09. The van der Waals surface area contributed by atoms with E-state index in [1.807, 2.05) is 22.9 Å². The van der Waals surface area contributed by atoms with Crippen molar-refractivity contribution in [2.24, 2.45) is 0 Å². The lowest BCUT2D eigenvalue weighted by atomic mass is 10.2. The van der Waals surface area contributed by atoms with Gasteiger partial charge in [0.15, 0.2) is 5.82 Å². The standard InChI is InChI=1S/C17H15ClN4O3/c18-10-1-2-15-13(7-10)16(21-22(15)11-4-6-25-9-11)20-14-8-19-5-3-12(14)17(23)24/h1-3,5,7-8,11H,4,6,9H2,(H,20,21)(H,23,24). The molecule has 1 aromatic carbocycles. The summed E-state index contributed by atoms with van der Waals surface area (Å²) >= 11 is 6.15. The van der Waals surface area contributed by atoms with Gasteiger partial charge in [-0.1, -0.05) is 11.6 Å². The number of carbonyl (C=O) groups is 1. The minimum Gasteiger partial charge on any atom is -0.478 e. The summed E-state index contributed by atoms with van der Waals surface area (Å²) in [6.45, 7) is 1.31. The van der Waals surface area contributed by atoms with E-state index in [0.29, 0.717) is 29.7 Å². The van der Waals surface area contributed by atoms with E-state index in [0.717, 1.165) is 17.3 Å². The van der Waals surface area contributed by atoms with E-state index in [1.54, 1.807) is 0 Å². The first-order chi connectivity index (χ1) is 12.1. The maximum atomic E-state index is 11.4. The Hall–Kier alpha value is -2.64. The van der Waals surface area contributed by atoms with Crippen LogP contribution in [0.2, 0.25) is 5.02 Å². The van der Waals surface area contributed by atoms with Gasteiger partial charge in [0.2, 0.25) is 0 Å². The van der Waals surface area contributed by atoms with Crippen LogP contribution >= 0.6 is 11.6 Å². The second kappa shape index (κ2) is 6.34. The third-order valence-corrected chi connectivity index (χ3v) is 4.46. The Kier molecular flexibility index (Phi) is 4.03. The minimum absolute atomic E-state index is 0.129. The lowest BCUT2D eigenvalue weighted by molar-refractivity contribution is 0.0698. The van der Waals surface area contributed by atoms with Gasteiger partial charge in [0, 0.05) is 23.2 Å². The maximum absolute atomic E-state index is 11.4. The van der Waals surface area contributed by atoms with Crippen molar-refractivity contribution in [2.75, 3.05) is 18.5 Å². The number of pyridine rings is 1. The normalized spacial score (nSPS) is 17.1. The second-order valence-corrected chi connectivity index (χ2v) is 6.26. The van der Waals surface area contributed by atoms with Crippen LogP contribution in [0.25, 0.3) is 10.9 Å². The molecule has 0 spiro atoms. The van der Waals surface area contributed by atoms with Crippen molar-refractivity contribution in [3.63, 3.8) is 0 Å². The van der Waals surface area contributed by atoms with Crippen molar-refractivity contribution < 1.29 is 14.6 Å². The van der Waals surface area contributed by atoms with Crippen molar-refractivity contribution in [1.29, 1.82) is 0 Å². The lowest BCUT2D eigenvalue weighted by Crippen LogP contribution is -2.10. The van der Waals surface area contributed by atoms with E-state index >= 15 is 0 Å². The summed E-state index contributed by atoms with van der Waals surface area (Å²) in [5, 5.41) is 18.5. The highest BCUT2D eigenvalue weighted by Gasteiger charge is 2.23. The number of rotatable bonds is 4. The molecule has 2 aromatic heterocycles. The Morgan fingerprint density at radius 3 is 3.04 bits per heavy atom. The number of ether oxygens (including phenoxy) is 1. The van der Waals surface area contributed by atoms with Gasteiger partial charge in [-0.15, -0.1) is 0 Å². The van der Waals surface area contributed by atoms with E-state index < -0.39 is 5.97 Å². The molecular formula is C17H15ClN4O3. The molecule has 1 saturated heterocycles. The summed E-state index contributed by atoms with van der Waals surface area (Å²) in [6, 6.07) is 7.13. The van der Waals surface area contributed by atoms with Gasteiger partial charge in [-0.25, -0.2) is 4.79 Å². The number of aromatic nitrogens is 3. The average molecular weight is 359 g/mol. The first-order valence-corrected chi connectivity index (χ1v) is 8.21. The van der Waals surface area contributed by atoms with Gasteiger partial charge in [-0.2, -0.15) is 5.10 Å². The van der Waals surface area contributed by atoms with Crippen LogP contribution in [-0.4, -0.2) is 39.1 Å². The van der Waals surface area contributed by atoms with Crippen LogP contribution in [0.1, 0.15) is 22.8 Å². The van der Waals surface area contributed by atoms with Gasteiger partial charge in [-0.05, 0) is 30.7 Å². The molecule has 0 bridgehead atoms. The zero-order valence-electron chi connectivity index (χ0n) is 13.1. The summed E-state index contributed by atoms with van der Waals surface area (Å²) < 4.78 is 7.38. The molecule has 2 N–H and O–H groups in total. The molecule has 25 heavy (non-hydrogen) atoms. The molecule has 3 heterocycles. The maximum Gasteiger partial charge on any atom is 0.337 e. The molecule has 1 unspecified atom stereocenters. The Morgan fingerprint density at radius 2 is 2.28 bits per heavy atom. The molecule has 0 amide bonds. The zero-order chi connectivity index (χ0) is 17.4. The van der Waals surface area contributed by atoms with E-state index in [9.17, 15) is 9.90 Å². The van der Waals surface area contributed by atoms with Crippen LogP contribution in [0.3, 0.4) is 0 Å². The molecule has 4 rings (SSSR count). The van der Waals surface area contributed by atoms with E-state index in [4.69, 9.17) is 16.3 Å². The average Bonchev–Trinajstić information content (AvgIpc) is 3.23. The van der Waals surface area contributed by atoms with E-state index in [1.165, 1.54) is 18.5 Å². The molecule has 8 heteroatoms. The number of fused-ring (bicyclic) bond motifs is 1. The highest BCUT2D eigenvalue weighted by Crippen LogP contribution is 2.32.